The zero-order valence-corrected chi connectivity index (χ0v) is 9.67. The Hall–Kier alpha value is -1.36. The van der Waals surface area contributed by atoms with Crippen LogP contribution < -0.4 is 0 Å². The van der Waals surface area contributed by atoms with Crippen LogP contribution in [0.1, 0.15) is 29.8 Å². The van der Waals surface area contributed by atoms with Gasteiger partial charge >= 0.3 is 0 Å². The number of likely N-dealkylation sites (tertiary alicyclic amines) is 1. The average Bonchev–Trinajstić information content (AvgIpc) is 2.86. The van der Waals surface area contributed by atoms with Gasteiger partial charge < -0.3 is 14.2 Å². The second kappa shape index (κ2) is 4.49. The van der Waals surface area contributed by atoms with E-state index in [1.54, 1.807) is 11.0 Å². The molecule has 1 aromatic rings. The zero-order valence-electron chi connectivity index (χ0n) is 9.67. The average molecular weight is 236 g/mol. The molecule has 0 N–H and O–H groups in total. The second-order valence-electron chi connectivity index (χ2n) is 4.82. The van der Waals surface area contributed by atoms with Gasteiger partial charge in [0.2, 0.25) is 5.76 Å². The van der Waals surface area contributed by atoms with Gasteiger partial charge in [-0.1, -0.05) is 5.16 Å². The molecule has 5 heteroatoms. The molecule has 0 bridgehead atoms. The van der Waals surface area contributed by atoms with Crippen LogP contribution in [0.4, 0.5) is 0 Å². The minimum absolute atomic E-state index is 0.0833. The Morgan fingerprint density at radius 3 is 3.12 bits per heavy atom. The van der Waals surface area contributed by atoms with Gasteiger partial charge in [-0.15, -0.1) is 0 Å². The summed E-state index contributed by atoms with van der Waals surface area (Å²) in [5.41, 5.74) is 0. The van der Waals surface area contributed by atoms with Crippen LogP contribution in [-0.4, -0.2) is 41.8 Å². The molecule has 1 saturated carbocycles. The molecule has 0 radical (unpaired) electrons. The van der Waals surface area contributed by atoms with Crippen LogP contribution in [-0.2, 0) is 4.74 Å². The van der Waals surface area contributed by atoms with E-state index < -0.39 is 0 Å². The minimum atomic E-state index is -0.0833. The van der Waals surface area contributed by atoms with Gasteiger partial charge in [-0.25, -0.2) is 0 Å². The van der Waals surface area contributed by atoms with Gasteiger partial charge in [0, 0.05) is 25.8 Å². The van der Waals surface area contributed by atoms with E-state index in [-0.39, 0.29) is 12.0 Å². The van der Waals surface area contributed by atoms with E-state index in [4.69, 9.17) is 9.26 Å². The monoisotopic (exact) mass is 236 g/mol. The Morgan fingerprint density at radius 1 is 1.53 bits per heavy atom. The van der Waals surface area contributed by atoms with Crippen molar-refractivity contribution in [2.45, 2.75) is 25.4 Å². The number of amides is 1. The Balaban J connectivity index is 1.50. The summed E-state index contributed by atoms with van der Waals surface area (Å²) in [5.74, 6) is 1.00. The number of hydrogen-bond acceptors (Lipinski definition) is 4. The van der Waals surface area contributed by atoms with Gasteiger partial charge in [0.1, 0.15) is 0 Å². The van der Waals surface area contributed by atoms with Gasteiger partial charge in [0.05, 0.1) is 12.3 Å². The van der Waals surface area contributed by atoms with Crippen molar-refractivity contribution in [2.24, 2.45) is 5.92 Å². The third kappa shape index (κ3) is 2.49. The fraction of sp³-hybridized carbons (Fsp3) is 0.667. The predicted molar refractivity (Wildman–Crippen MR) is 59.5 cm³/mol. The van der Waals surface area contributed by atoms with E-state index in [0.717, 1.165) is 25.5 Å². The lowest BCUT2D eigenvalue weighted by Crippen LogP contribution is -2.30. The SMILES string of the molecule is O=C(c1ccno1)N1CCC(OCC2CC2)C1. The normalized spacial score (nSPS) is 24.2. The third-order valence-electron chi connectivity index (χ3n) is 3.35. The summed E-state index contributed by atoms with van der Waals surface area (Å²) in [6, 6.07) is 1.60. The molecule has 17 heavy (non-hydrogen) atoms. The van der Waals surface area contributed by atoms with Crippen molar-refractivity contribution in [2.75, 3.05) is 19.7 Å². The number of rotatable bonds is 4. The maximum absolute atomic E-state index is 11.9. The molecule has 1 amide bonds. The number of nitrogens with zero attached hydrogens (tertiary/aromatic N) is 2. The lowest BCUT2D eigenvalue weighted by molar-refractivity contribution is 0.0469. The maximum atomic E-state index is 11.9. The number of ether oxygens (including phenoxy) is 1. The highest BCUT2D eigenvalue weighted by atomic mass is 16.5. The Labute approximate surface area is 99.7 Å². The summed E-state index contributed by atoms with van der Waals surface area (Å²) in [4.78, 5) is 13.7. The van der Waals surface area contributed by atoms with E-state index in [1.807, 2.05) is 0 Å². The van der Waals surface area contributed by atoms with Crippen LogP contribution in [0, 0.1) is 5.92 Å². The molecule has 2 fully saturated rings. The molecular weight excluding hydrogens is 220 g/mol. The van der Waals surface area contributed by atoms with Crippen LogP contribution in [0.25, 0.3) is 0 Å². The molecular formula is C12H16N2O3. The molecule has 0 aromatic carbocycles. The molecule has 1 aliphatic carbocycles. The lowest BCUT2D eigenvalue weighted by Gasteiger charge is -2.14. The van der Waals surface area contributed by atoms with E-state index in [1.165, 1.54) is 19.0 Å². The molecule has 1 aliphatic heterocycles. The summed E-state index contributed by atoms with van der Waals surface area (Å²) < 4.78 is 10.7. The van der Waals surface area contributed by atoms with E-state index in [0.29, 0.717) is 12.3 Å². The van der Waals surface area contributed by atoms with Crippen LogP contribution in [0.2, 0.25) is 0 Å². The first-order valence-electron chi connectivity index (χ1n) is 6.14. The quantitative estimate of drug-likeness (QED) is 0.791. The molecule has 2 heterocycles. The Morgan fingerprint density at radius 2 is 2.41 bits per heavy atom. The summed E-state index contributed by atoms with van der Waals surface area (Å²) in [6.07, 6.45) is 5.21. The summed E-state index contributed by atoms with van der Waals surface area (Å²) in [6.45, 7) is 2.27. The first-order chi connectivity index (χ1) is 8.33. The summed E-state index contributed by atoms with van der Waals surface area (Å²) >= 11 is 0. The highest BCUT2D eigenvalue weighted by molar-refractivity contribution is 5.91. The zero-order chi connectivity index (χ0) is 11.7. The molecule has 3 rings (SSSR count). The molecule has 1 aromatic heterocycles. The van der Waals surface area contributed by atoms with E-state index in [2.05, 4.69) is 5.16 Å². The first kappa shape index (κ1) is 10.8. The Bertz CT molecular complexity index is 386. The van der Waals surface area contributed by atoms with Gasteiger partial charge in [0.15, 0.2) is 0 Å². The molecule has 5 nitrogen and oxygen atoms in total. The van der Waals surface area contributed by atoms with Crippen LogP contribution in [0.5, 0.6) is 0 Å². The van der Waals surface area contributed by atoms with Crippen molar-refractivity contribution in [3.63, 3.8) is 0 Å². The van der Waals surface area contributed by atoms with Gasteiger partial charge in [-0.05, 0) is 25.2 Å². The van der Waals surface area contributed by atoms with Crippen molar-refractivity contribution in [3.8, 4) is 0 Å². The molecule has 1 unspecified atom stereocenters. The van der Waals surface area contributed by atoms with Crippen LogP contribution in [0.3, 0.4) is 0 Å². The number of hydrogen-bond donors (Lipinski definition) is 0. The molecule has 1 atom stereocenters. The molecule has 92 valence electrons. The van der Waals surface area contributed by atoms with Gasteiger partial charge in [0.25, 0.3) is 5.91 Å². The van der Waals surface area contributed by atoms with Crippen molar-refractivity contribution in [1.82, 2.24) is 10.1 Å². The van der Waals surface area contributed by atoms with Crippen molar-refractivity contribution in [3.05, 3.63) is 18.0 Å². The first-order valence-corrected chi connectivity index (χ1v) is 6.14. The smallest absolute Gasteiger partial charge is 0.292 e. The predicted octanol–water partition coefficient (Wildman–Crippen LogP) is 1.32. The maximum Gasteiger partial charge on any atom is 0.292 e. The van der Waals surface area contributed by atoms with Gasteiger partial charge in [-0.2, -0.15) is 0 Å². The molecule has 2 aliphatic rings. The van der Waals surface area contributed by atoms with Crippen molar-refractivity contribution >= 4 is 5.91 Å². The molecule has 1 saturated heterocycles. The standard InChI is InChI=1S/C12H16N2O3/c15-12(11-3-5-13-17-11)14-6-4-10(7-14)16-8-9-1-2-9/h3,5,9-10H,1-2,4,6-8H2. The highest BCUT2D eigenvalue weighted by Gasteiger charge is 2.30. The van der Waals surface area contributed by atoms with Gasteiger partial charge in [-0.3, -0.25) is 4.79 Å². The molecule has 0 spiro atoms. The van der Waals surface area contributed by atoms with E-state index in [9.17, 15) is 4.79 Å². The fourth-order valence-electron chi connectivity index (χ4n) is 2.09. The minimum Gasteiger partial charge on any atom is -0.376 e. The topological polar surface area (TPSA) is 55.6 Å². The van der Waals surface area contributed by atoms with Crippen molar-refractivity contribution < 1.29 is 14.1 Å². The summed E-state index contributed by atoms with van der Waals surface area (Å²) in [5, 5.41) is 3.55. The lowest BCUT2D eigenvalue weighted by atomic mass is 10.3. The number of carbonyl (C=O) groups excluding carboxylic acids is 1. The van der Waals surface area contributed by atoms with Crippen LogP contribution in [0.15, 0.2) is 16.8 Å². The summed E-state index contributed by atoms with van der Waals surface area (Å²) in [7, 11) is 0. The Kier molecular flexibility index (Phi) is 2.84. The van der Waals surface area contributed by atoms with Crippen molar-refractivity contribution in [1.29, 1.82) is 0 Å². The number of aromatic nitrogens is 1. The number of carbonyl (C=O) groups is 1. The highest BCUT2D eigenvalue weighted by Crippen LogP contribution is 2.30. The fourth-order valence-corrected chi connectivity index (χ4v) is 2.09. The van der Waals surface area contributed by atoms with E-state index >= 15 is 0 Å². The second-order valence-corrected chi connectivity index (χ2v) is 4.82. The third-order valence-corrected chi connectivity index (χ3v) is 3.35. The van der Waals surface area contributed by atoms with Crippen LogP contribution >= 0.6 is 0 Å². The largest absolute Gasteiger partial charge is 0.376 e.